The van der Waals surface area contributed by atoms with Gasteiger partial charge in [0.05, 0.1) is 18.7 Å². The number of hydrogen-bond donors (Lipinski definition) is 1. The zero-order valence-corrected chi connectivity index (χ0v) is 10.4. The van der Waals surface area contributed by atoms with Crippen LogP contribution in [0.2, 0.25) is 0 Å². The van der Waals surface area contributed by atoms with Gasteiger partial charge in [0.1, 0.15) is 5.00 Å². The van der Waals surface area contributed by atoms with Gasteiger partial charge in [-0.05, 0) is 23.7 Å². The van der Waals surface area contributed by atoms with Crippen molar-refractivity contribution in [2.24, 2.45) is 0 Å². The van der Waals surface area contributed by atoms with Gasteiger partial charge in [0, 0.05) is 11.9 Å². The lowest BCUT2D eigenvalue weighted by Crippen LogP contribution is -2.49. The first-order chi connectivity index (χ1) is 8.77. The Labute approximate surface area is 108 Å². The highest BCUT2D eigenvalue weighted by Gasteiger charge is 2.31. The summed E-state index contributed by atoms with van der Waals surface area (Å²) in [4.78, 5) is 13.1. The van der Waals surface area contributed by atoms with Crippen molar-refractivity contribution in [1.82, 2.24) is 4.37 Å². The fraction of sp³-hybridized carbons (Fsp3) is 0.333. The lowest BCUT2D eigenvalue weighted by atomic mass is 10.2. The lowest BCUT2D eigenvalue weighted by molar-refractivity contribution is -0.141. The zero-order valence-electron chi connectivity index (χ0n) is 9.57. The minimum Gasteiger partial charge on any atom is -0.480 e. The molecule has 94 valence electrons. The molecule has 1 unspecified atom stereocenters. The summed E-state index contributed by atoms with van der Waals surface area (Å²) in [7, 11) is 0. The van der Waals surface area contributed by atoms with Gasteiger partial charge in [-0.3, -0.25) is 0 Å². The molecule has 1 saturated heterocycles. The van der Waals surface area contributed by atoms with Crippen molar-refractivity contribution in [3.8, 4) is 0 Å². The number of carbonyl (C=O) groups is 1. The maximum atomic E-state index is 11.3. The molecule has 0 radical (unpaired) electrons. The van der Waals surface area contributed by atoms with Crippen LogP contribution in [0, 0.1) is 0 Å². The molecule has 1 aliphatic rings. The molecule has 1 aromatic carbocycles. The van der Waals surface area contributed by atoms with Crippen molar-refractivity contribution < 1.29 is 14.6 Å². The van der Waals surface area contributed by atoms with E-state index in [4.69, 9.17) is 4.74 Å². The van der Waals surface area contributed by atoms with Crippen molar-refractivity contribution >= 4 is 33.4 Å². The van der Waals surface area contributed by atoms with Gasteiger partial charge in [-0.15, -0.1) is 0 Å². The number of aromatic nitrogens is 1. The van der Waals surface area contributed by atoms with Gasteiger partial charge in [-0.25, -0.2) is 4.79 Å². The van der Waals surface area contributed by atoms with Gasteiger partial charge in [-0.2, -0.15) is 4.37 Å². The maximum absolute atomic E-state index is 11.3. The highest BCUT2D eigenvalue weighted by molar-refractivity contribution is 7.11. The third-order valence-electron chi connectivity index (χ3n) is 3.04. The zero-order chi connectivity index (χ0) is 12.5. The first-order valence-corrected chi connectivity index (χ1v) is 6.46. The summed E-state index contributed by atoms with van der Waals surface area (Å²) in [5, 5.41) is 11.2. The van der Waals surface area contributed by atoms with Gasteiger partial charge in [-0.1, -0.05) is 12.1 Å². The summed E-state index contributed by atoms with van der Waals surface area (Å²) in [6, 6.07) is 7.16. The number of nitrogens with zero attached hydrogens (tertiary/aromatic N) is 2. The van der Waals surface area contributed by atoms with E-state index >= 15 is 0 Å². The van der Waals surface area contributed by atoms with Gasteiger partial charge < -0.3 is 14.7 Å². The summed E-state index contributed by atoms with van der Waals surface area (Å²) in [6.07, 6.45) is 0. The molecule has 1 atom stereocenters. The summed E-state index contributed by atoms with van der Waals surface area (Å²) in [6.45, 7) is 1.36. The van der Waals surface area contributed by atoms with Gasteiger partial charge >= 0.3 is 5.97 Å². The number of fused-ring (bicyclic) bond motifs is 1. The molecule has 1 aliphatic heterocycles. The minimum atomic E-state index is -0.854. The Morgan fingerprint density at radius 1 is 1.50 bits per heavy atom. The second kappa shape index (κ2) is 4.55. The molecule has 2 aromatic rings. The summed E-state index contributed by atoms with van der Waals surface area (Å²) >= 11 is 1.35. The first-order valence-electron chi connectivity index (χ1n) is 5.69. The number of ether oxygens (including phenoxy) is 1. The number of carboxylic acids is 1. The Morgan fingerprint density at radius 2 is 2.33 bits per heavy atom. The average molecular weight is 264 g/mol. The summed E-state index contributed by atoms with van der Waals surface area (Å²) < 4.78 is 9.60. The maximum Gasteiger partial charge on any atom is 0.328 e. The van der Waals surface area contributed by atoms with Gasteiger partial charge in [0.15, 0.2) is 6.04 Å². The van der Waals surface area contributed by atoms with Crippen molar-refractivity contribution in [3.05, 3.63) is 24.3 Å². The lowest BCUT2D eigenvalue weighted by Gasteiger charge is -2.33. The number of carboxylic acid groups (broad SMARTS) is 1. The van der Waals surface area contributed by atoms with Crippen LogP contribution in [0.15, 0.2) is 24.3 Å². The molecule has 0 spiro atoms. The molecule has 5 nitrogen and oxygen atoms in total. The molecule has 18 heavy (non-hydrogen) atoms. The number of aliphatic carboxylic acids is 1. The van der Waals surface area contributed by atoms with E-state index < -0.39 is 12.0 Å². The Bertz CT molecular complexity index is 583. The molecule has 0 saturated carbocycles. The minimum absolute atomic E-state index is 0.224. The van der Waals surface area contributed by atoms with Crippen molar-refractivity contribution in [2.75, 3.05) is 24.7 Å². The molecular weight excluding hydrogens is 252 g/mol. The van der Waals surface area contributed by atoms with Gasteiger partial charge in [0.2, 0.25) is 0 Å². The number of hydrogen-bond acceptors (Lipinski definition) is 5. The standard InChI is InChI=1S/C12H12N2O3S/c15-12(16)10-7-17-6-5-14(10)11-8-3-1-2-4-9(8)13-18-11/h1-4,10H,5-7H2,(H,15,16). The summed E-state index contributed by atoms with van der Waals surface area (Å²) in [5.74, 6) is -0.854. The van der Waals surface area contributed by atoms with Crippen LogP contribution in [0.1, 0.15) is 0 Å². The van der Waals surface area contributed by atoms with Crippen molar-refractivity contribution in [2.45, 2.75) is 6.04 Å². The second-order valence-electron chi connectivity index (χ2n) is 4.13. The molecule has 0 bridgehead atoms. The molecule has 1 aromatic heterocycles. The van der Waals surface area contributed by atoms with E-state index in [1.807, 2.05) is 29.2 Å². The third kappa shape index (κ3) is 1.83. The Morgan fingerprint density at radius 3 is 3.17 bits per heavy atom. The smallest absolute Gasteiger partial charge is 0.328 e. The number of anilines is 1. The molecular formula is C12H12N2O3S. The molecule has 1 fully saturated rings. The van der Waals surface area contributed by atoms with E-state index in [1.54, 1.807) is 0 Å². The van der Waals surface area contributed by atoms with Gasteiger partial charge in [0.25, 0.3) is 0 Å². The van der Waals surface area contributed by atoms with Crippen LogP contribution in [-0.2, 0) is 9.53 Å². The van der Waals surface area contributed by atoms with E-state index in [2.05, 4.69) is 4.37 Å². The van der Waals surface area contributed by atoms with E-state index in [-0.39, 0.29) is 6.61 Å². The molecule has 1 N–H and O–H groups in total. The van der Waals surface area contributed by atoms with E-state index in [9.17, 15) is 9.90 Å². The number of benzene rings is 1. The quantitative estimate of drug-likeness (QED) is 0.892. The number of morpholine rings is 1. The highest BCUT2D eigenvalue weighted by Crippen LogP contribution is 2.33. The van der Waals surface area contributed by atoms with Crippen LogP contribution in [0.3, 0.4) is 0 Å². The van der Waals surface area contributed by atoms with Crippen LogP contribution in [0.25, 0.3) is 10.9 Å². The fourth-order valence-electron chi connectivity index (χ4n) is 2.13. The average Bonchev–Trinajstić information content (AvgIpc) is 2.82. The Balaban J connectivity index is 2.04. The number of rotatable bonds is 2. The monoisotopic (exact) mass is 264 g/mol. The van der Waals surface area contributed by atoms with Crippen molar-refractivity contribution in [1.29, 1.82) is 0 Å². The van der Waals surface area contributed by atoms with E-state index in [0.29, 0.717) is 13.2 Å². The predicted octanol–water partition coefficient (Wildman–Crippen LogP) is 1.59. The molecule has 0 amide bonds. The second-order valence-corrected chi connectivity index (χ2v) is 4.88. The predicted molar refractivity (Wildman–Crippen MR) is 69.2 cm³/mol. The highest BCUT2D eigenvalue weighted by atomic mass is 32.1. The van der Waals surface area contributed by atoms with Crippen LogP contribution >= 0.6 is 11.5 Å². The largest absolute Gasteiger partial charge is 0.480 e. The first kappa shape index (κ1) is 11.4. The molecule has 6 heteroatoms. The van der Waals surface area contributed by atoms with E-state index in [1.165, 1.54) is 11.5 Å². The topological polar surface area (TPSA) is 62.7 Å². The van der Waals surface area contributed by atoms with Crippen LogP contribution in [-0.4, -0.2) is 41.2 Å². The molecule has 0 aliphatic carbocycles. The molecule has 3 rings (SSSR count). The van der Waals surface area contributed by atoms with Crippen LogP contribution < -0.4 is 4.90 Å². The third-order valence-corrected chi connectivity index (χ3v) is 3.95. The van der Waals surface area contributed by atoms with Crippen LogP contribution in [0.5, 0.6) is 0 Å². The molecule has 2 heterocycles. The summed E-state index contributed by atoms with van der Waals surface area (Å²) in [5.41, 5.74) is 0.910. The Hall–Kier alpha value is -1.66. The van der Waals surface area contributed by atoms with E-state index in [0.717, 1.165) is 15.9 Å². The fourth-order valence-corrected chi connectivity index (χ4v) is 3.07. The normalized spacial score (nSPS) is 20.2. The van der Waals surface area contributed by atoms with Crippen LogP contribution in [0.4, 0.5) is 5.00 Å². The Kier molecular flexibility index (Phi) is 2.89. The van der Waals surface area contributed by atoms with Crippen molar-refractivity contribution in [3.63, 3.8) is 0 Å². The SMILES string of the molecule is O=C(O)C1COCCN1c1snc2ccccc12.